The van der Waals surface area contributed by atoms with Crippen LogP contribution in [0.1, 0.15) is 23.6 Å². The number of aromatic nitrogens is 2. The van der Waals surface area contributed by atoms with Crippen molar-refractivity contribution >= 4 is 34.2 Å². The molecular formula is C38H27N2O7P. The summed E-state index contributed by atoms with van der Waals surface area (Å²) in [6.07, 6.45) is 0. The molecule has 10 heteroatoms. The zero-order valence-corrected chi connectivity index (χ0v) is 26.9. The third-order valence-corrected chi connectivity index (χ3v) is 12.9. The van der Waals surface area contributed by atoms with Crippen LogP contribution in [-0.4, -0.2) is 14.2 Å². The number of para-hydroxylation sites is 1. The molecule has 8 rings (SSSR count). The highest BCUT2D eigenvalue weighted by Crippen LogP contribution is 2.69. The molecule has 0 saturated heterocycles. The van der Waals surface area contributed by atoms with Crippen molar-refractivity contribution in [3.8, 4) is 28.3 Å². The summed E-state index contributed by atoms with van der Waals surface area (Å²) in [5.74, 6) is 0.0665. The van der Waals surface area contributed by atoms with Crippen LogP contribution in [0.4, 0.5) is 0 Å². The topological polar surface area (TPSA) is 125 Å². The first-order valence-corrected chi connectivity index (χ1v) is 16.9. The van der Waals surface area contributed by atoms with Crippen molar-refractivity contribution in [1.82, 2.24) is 9.13 Å². The fourth-order valence-corrected chi connectivity index (χ4v) is 9.92. The maximum Gasteiger partial charge on any atom is 0.292 e. The zero-order chi connectivity index (χ0) is 33.7. The lowest BCUT2D eigenvalue weighted by Crippen LogP contribution is -2.34. The molecule has 5 aromatic carbocycles. The predicted octanol–water partition coefficient (Wildman–Crippen LogP) is 5.38. The summed E-state index contributed by atoms with van der Waals surface area (Å²) in [5, 5.41) is 10.7. The average Bonchev–Trinajstić information content (AvgIpc) is 3.46. The lowest BCUT2D eigenvalue weighted by Gasteiger charge is -2.41. The second-order valence-corrected chi connectivity index (χ2v) is 15.0. The Hall–Kier alpha value is -5.79. The molecule has 0 amide bonds. The molecule has 0 bridgehead atoms. The quantitative estimate of drug-likeness (QED) is 0.253. The maximum atomic E-state index is 15.7. The van der Waals surface area contributed by atoms with Crippen molar-refractivity contribution in [3.05, 3.63) is 161 Å². The molecule has 236 valence electrons. The van der Waals surface area contributed by atoms with Gasteiger partial charge in [0, 0.05) is 12.6 Å². The summed E-state index contributed by atoms with van der Waals surface area (Å²) in [4.78, 5) is 52.5. The third-order valence-electron chi connectivity index (χ3n) is 9.70. The molecule has 3 heterocycles. The molecular weight excluding hydrogens is 627 g/mol. The molecule has 0 fully saturated rings. The SMILES string of the molecule is Cc1ccc(C(C)(c2ccc(-n3c(=O)c4cc5c(=O)n(C)c(=O)c5cc4c3=O)c(O)c2)P2(=O)Oc3ccccc3-c3ccccc32)cc1. The van der Waals surface area contributed by atoms with Crippen molar-refractivity contribution in [2.45, 2.75) is 19.0 Å². The Morgan fingerprint density at radius 2 is 1.21 bits per heavy atom. The van der Waals surface area contributed by atoms with Crippen LogP contribution in [0.15, 0.2) is 122 Å². The smallest absolute Gasteiger partial charge is 0.292 e. The van der Waals surface area contributed by atoms with E-state index in [1.165, 1.54) is 31.3 Å². The standard InChI is InChI=1S/C38H27N2O7P/c1-21-12-14-22(15-13-21)38(2,48(46)33-11-7-5-9-25(33)24-8-4-6-10-32(24)47-48)23-16-17-30(31(41)18-23)40-36(44)28-19-26-27(20-29(28)37(40)45)35(43)39(3)34(26)42/h4-20,41H,1-3H3. The zero-order valence-electron chi connectivity index (χ0n) is 26.1. The maximum absolute atomic E-state index is 15.7. The van der Waals surface area contributed by atoms with E-state index in [-0.39, 0.29) is 27.2 Å². The van der Waals surface area contributed by atoms with Crippen LogP contribution in [0.3, 0.4) is 0 Å². The highest BCUT2D eigenvalue weighted by atomic mass is 31.2. The minimum Gasteiger partial charge on any atom is -0.506 e. The van der Waals surface area contributed by atoms with E-state index in [2.05, 4.69) is 0 Å². The highest BCUT2D eigenvalue weighted by Gasteiger charge is 2.54. The van der Waals surface area contributed by atoms with Gasteiger partial charge in [0.1, 0.15) is 16.7 Å². The minimum atomic E-state index is -3.90. The molecule has 0 radical (unpaired) electrons. The van der Waals surface area contributed by atoms with Gasteiger partial charge in [0.15, 0.2) is 0 Å². The largest absolute Gasteiger partial charge is 0.506 e. The molecule has 0 saturated carbocycles. The minimum absolute atomic E-state index is 0.0386. The second-order valence-electron chi connectivity index (χ2n) is 12.4. The van der Waals surface area contributed by atoms with Gasteiger partial charge in [-0.2, -0.15) is 0 Å². The molecule has 0 spiro atoms. The van der Waals surface area contributed by atoms with Gasteiger partial charge in [-0.15, -0.1) is 0 Å². The van der Waals surface area contributed by atoms with Gasteiger partial charge in [-0.3, -0.25) is 28.3 Å². The van der Waals surface area contributed by atoms with Gasteiger partial charge in [-0.05, 0) is 66.9 Å². The first kappa shape index (κ1) is 29.6. The number of fused-ring (bicyclic) bond motifs is 5. The Morgan fingerprint density at radius 1 is 0.667 bits per heavy atom. The molecule has 2 unspecified atom stereocenters. The van der Waals surface area contributed by atoms with Gasteiger partial charge in [-0.1, -0.05) is 72.3 Å². The van der Waals surface area contributed by atoms with E-state index in [0.717, 1.165) is 25.8 Å². The third kappa shape index (κ3) is 3.82. The lowest BCUT2D eigenvalue weighted by molar-refractivity contribution is 0.458. The lowest BCUT2D eigenvalue weighted by atomic mass is 9.91. The number of hydrogen-bond acceptors (Lipinski definition) is 7. The van der Waals surface area contributed by atoms with Crippen molar-refractivity contribution in [3.63, 3.8) is 0 Å². The first-order valence-electron chi connectivity index (χ1n) is 15.2. The van der Waals surface area contributed by atoms with Crippen molar-refractivity contribution in [2.75, 3.05) is 0 Å². The highest BCUT2D eigenvalue weighted by molar-refractivity contribution is 7.69. The monoisotopic (exact) mass is 654 g/mol. The Kier molecular flexibility index (Phi) is 6.23. The fourth-order valence-electron chi connectivity index (χ4n) is 6.96. The Bertz CT molecular complexity index is 2690. The van der Waals surface area contributed by atoms with E-state index in [1.807, 2.05) is 74.5 Å². The van der Waals surface area contributed by atoms with Crippen molar-refractivity contribution < 1.29 is 14.2 Å². The second kappa shape index (κ2) is 10.1. The van der Waals surface area contributed by atoms with Crippen molar-refractivity contribution in [2.24, 2.45) is 7.05 Å². The number of phenolic OH excluding ortho intramolecular Hbond substituents is 1. The van der Waals surface area contributed by atoms with Gasteiger partial charge in [0.2, 0.25) is 0 Å². The molecule has 2 atom stereocenters. The molecule has 9 nitrogen and oxygen atoms in total. The van der Waals surface area contributed by atoms with Gasteiger partial charge < -0.3 is 9.63 Å². The average molecular weight is 655 g/mol. The van der Waals surface area contributed by atoms with Crippen LogP contribution in [0.5, 0.6) is 11.5 Å². The molecule has 1 N–H and O–H groups in total. The number of hydrogen-bond donors (Lipinski definition) is 1. The van der Waals surface area contributed by atoms with Gasteiger partial charge in [0.25, 0.3) is 29.6 Å². The van der Waals surface area contributed by atoms with E-state index in [1.54, 1.807) is 18.2 Å². The molecule has 2 aromatic heterocycles. The molecule has 0 aliphatic carbocycles. The Morgan fingerprint density at radius 3 is 1.83 bits per heavy atom. The number of nitrogens with zero attached hydrogens (tertiary/aromatic N) is 2. The summed E-state index contributed by atoms with van der Waals surface area (Å²) in [6.45, 7) is 3.76. The predicted molar refractivity (Wildman–Crippen MR) is 186 cm³/mol. The normalized spacial score (nSPS) is 16.7. The van der Waals surface area contributed by atoms with E-state index < -0.39 is 40.5 Å². The summed E-state index contributed by atoms with van der Waals surface area (Å²) in [7, 11) is -2.57. The fraction of sp³-hybridized carbons (Fsp3) is 0.105. The summed E-state index contributed by atoms with van der Waals surface area (Å²) >= 11 is 0. The molecule has 48 heavy (non-hydrogen) atoms. The van der Waals surface area contributed by atoms with Gasteiger partial charge >= 0.3 is 0 Å². The number of aryl methyl sites for hydroxylation is 1. The Labute approximate surface area is 272 Å². The summed E-state index contributed by atoms with van der Waals surface area (Å²) in [6, 6.07) is 29.4. The van der Waals surface area contributed by atoms with Crippen LogP contribution in [0, 0.1) is 6.92 Å². The molecule has 1 aliphatic rings. The Balaban J connectivity index is 1.35. The summed E-state index contributed by atoms with van der Waals surface area (Å²) in [5.41, 5.74) is 0.980. The van der Waals surface area contributed by atoms with E-state index >= 15 is 4.57 Å². The van der Waals surface area contributed by atoms with Crippen LogP contribution in [-0.2, 0) is 16.8 Å². The van der Waals surface area contributed by atoms with E-state index in [4.69, 9.17) is 4.52 Å². The van der Waals surface area contributed by atoms with Crippen LogP contribution in [0.25, 0.3) is 38.4 Å². The number of phenols is 1. The van der Waals surface area contributed by atoms with Crippen LogP contribution < -0.4 is 32.1 Å². The van der Waals surface area contributed by atoms with Crippen molar-refractivity contribution in [1.29, 1.82) is 0 Å². The number of benzene rings is 5. The first-order chi connectivity index (χ1) is 23.0. The molecule has 1 aliphatic heterocycles. The number of aromatic hydroxyl groups is 1. The van der Waals surface area contributed by atoms with Crippen LogP contribution in [0.2, 0.25) is 0 Å². The van der Waals surface area contributed by atoms with Gasteiger partial charge in [0.05, 0.1) is 32.5 Å². The number of rotatable bonds is 4. The summed E-state index contributed by atoms with van der Waals surface area (Å²) < 4.78 is 24.0. The van der Waals surface area contributed by atoms with Crippen LogP contribution >= 0.6 is 7.37 Å². The molecule has 7 aromatic rings. The van der Waals surface area contributed by atoms with E-state index in [0.29, 0.717) is 22.2 Å². The van der Waals surface area contributed by atoms with Gasteiger partial charge in [-0.25, -0.2) is 4.57 Å². The van der Waals surface area contributed by atoms with E-state index in [9.17, 15) is 24.3 Å².